The molecule has 0 amide bonds. The molecule has 110 valence electrons. The molecule has 3 nitrogen and oxygen atoms in total. The number of aromatic nitrogens is 1. The number of carboxylic acid groups (broad SMARTS) is 1. The largest absolute Gasteiger partial charge is 0.478 e. The van der Waals surface area contributed by atoms with Crippen LogP contribution in [-0.2, 0) is 0 Å². The van der Waals surface area contributed by atoms with Gasteiger partial charge < -0.3 is 5.11 Å². The molecule has 1 aromatic heterocycles. The van der Waals surface area contributed by atoms with Gasteiger partial charge in [0.2, 0.25) is 0 Å². The van der Waals surface area contributed by atoms with Crippen molar-refractivity contribution in [2.45, 2.75) is 6.92 Å². The predicted octanol–water partition coefficient (Wildman–Crippen LogP) is 4.19. The van der Waals surface area contributed by atoms with Crippen LogP contribution < -0.4 is 0 Å². The molecule has 0 aliphatic rings. The third kappa shape index (κ3) is 2.20. The normalized spacial score (nSPS) is 10.9. The number of rotatable bonds is 2. The number of aromatic carboxylic acids is 1. The first-order valence-corrected chi connectivity index (χ1v) is 6.57. The van der Waals surface area contributed by atoms with Crippen molar-refractivity contribution in [1.82, 2.24) is 4.98 Å². The molecule has 0 fully saturated rings. The zero-order valence-electron chi connectivity index (χ0n) is 11.6. The smallest absolute Gasteiger partial charge is 0.335 e. The molecule has 0 aliphatic heterocycles. The van der Waals surface area contributed by atoms with E-state index in [1.165, 1.54) is 43.3 Å². The van der Waals surface area contributed by atoms with E-state index in [1.54, 1.807) is 6.07 Å². The molecule has 0 spiro atoms. The lowest BCUT2D eigenvalue weighted by Crippen LogP contribution is -2.00. The van der Waals surface area contributed by atoms with Gasteiger partial charge in [-0.1, -0.05) is 18.2 Å². The maximum Gasteiger partial charge on any atom is 0.335 e. The first kappa shape index (κ1) is 14.1. The summed E-state index contributed by atoms with van der Waals surface area (Å²) in [6, 6.07) is 10.00. The van der Waals surface area contributed by atoms with Crippen molar-refractivity contribution in [2.75, 3.05) is 0 Å². The van der Waals surface area contributed by atoms with E-state index < -0.39 is 17.6 Å². The van der Waals surface area contributed by atoms with Crippen LogP contribution in [0.15, 0.2) is 42.5 Å². The standard InChI is InChI=1S/C17H11F2NO2/c1-9-16(19)15(11-4-2-3-5-13(11)18)12-8-10(17(21)22)6-7-14(12)20-9/h2-8H,1H3,(H,21,22). The van der Waals surface area contributed by atoms with Crippen LogP contribution in [0, 0.1) is 18.6 Å². The van der Waals surface area contributed by atoms with Crippen LogP contribution >= 0.6 is 0 Å². The summed E-state index contributed by atoms with van der Waals surface area (Å²) in [6.07, 6.45) is 0. The van der Waals surface area contributed by atoms with Gasteiger partial charge in [-0.25, -0.2) is 13.6 Å². The van der Waals surface area contributed by atoms with Crippen LogP contribution in [0.25, 0.3) is 22.0 Å². The van der Waals surface area contributed by atoms with Crippen LogP contribution in [0.1, 0.15) is 16.1 Å². The average molecular weight is 299 g/mol. The van der Waals surface area contributed by atoms with Gasteiger partial charge in [-0.2, -0.15) is 0 Å². The van der Waals surface area contributed by atoms with E-state index in [0.717, 1.165) is 0 Å². The van der Waals surface area contributed by atoms with E-state index >= 15 is 0 Å². The Kier molecular flexibility index (Phi) is 3.33. The number of carbonyl (C=O) groups is 1. The lowest BCUT2D eigenvalue weighted by atomic mass is 9.97. The van der Waals surface area contributed by atoms with Gasteiger partial charge in [0.05, 0.1) is 16.8 Å². The molecule has 22 heavy (non-hydrogen) atoms. The summed E-state index contributed by atoms with van der Waals surface area (Å²) in [5, 5.41) is 9.37. The molecule has 0 saturated heterocycles. The molecule has 0 bridgehead atoms. The molecular weight excluding hydrogens is 288 g/mol. The molecule has 1 N–H and O–H groups in total. The SMILES string of the molecule is Cc1nc2ccc(C(=O)O)cc2c(-c2ccccc2F)c1F. The average Bonchev–Trinajstić information content (AvgIpc) is 2.49. The Morgan fingerprint density at radius 2 is 1.86 bits per heavy atom. The Bertz CT molecular complexity index is 907. The van der Waals surface area contributed by atoms with E-state index in [9.17, 15) is 13.6 Å². The number of hydrogen-bond acceptors (Lipinski definition) is 2. The number of nitrogens with zero attached hydrogens (tertiary/aromatic N) is 1. The minimum Gasteiger partial charge on any atom is -0.478 e. The van der Waals surface area contributed by atoms with Crippen molar-refractivity contribution in [1.29, 1.82) is 0 Å². The highest BCUT2D eigenvalue weighted by molar-refractivity contribution is 6.00. The highest BCUT2D eigenvalue weighted by Gasteiger charge is 2.18. The van der Waals surface area contributed by atoms with Gasteiger partial charge in [0.15, 0.2) is 5.82 Å². The summed E-state index contributed by atoms with van der Waals surface area (Å²) in [5.74, 6) is -2.36. The van der Waals surface area contributed by atoms with Gasteiger partial charge in [-0.3, -0.25) is 4.98 Å². The first-order chi connectivity index (χ1) is 10.5. The summed E-state index contributed by atoms with van der Waals surface area (Å²) < 4.78 is 28.6. The highest BCUT2D eigenvalue weighted by atomic mass is 19.1. The van der Waals surface area contributed by atoms with Crippen LogP contribution in [-0.4, -0.2) is 16.1 Å². The second-order valence-corrected chi connectivity index (χ2v) is 4.90. The number of carboxylic acids is 1. The molecule has 3 rings (SSSR count). The van der Waals surface area contributed by atoms with E-state index in [0.29, 0.717) is 5.52 Å². The van der Waals surface area contributed by atoms with Crippen molar-refractivity contribution < 1.29 is 18.7 Å². The zero-order chi connectivity index (χ0) is 15.9. The fourth-order valence-corrected chi connectivity index (χ4v) is 2.42. The quantitative estimate of drug-likeness (QED) is 0.772. The summed E-state index contributed by atoms with van der Waals surface area (Å²) in [4.78, 5) is 15.2. The lowest BCUT2D eigenvalue weighted by molar-refractivity contribution is 0.0697. The number of pyridine rings is 1. The van der Waals surface area contributed by atoms with Gasteiger partial charge in [0.1, 0.15) is 5.82 Å². The maximum atomic E-state index is 14.6. The van der Waals surface area contributed by atoms with Crippen LogP contribution in [0.4, 0.5) is 8.78 Å². The minimum atomic E-state index is -1.14. The molecule has 3 aromatic rings. The molecule has 5 heteroatoms. The lowest BCUT2D eigenvalue weighted by Gasteiger charge is -2.11. The van der Waals surface area contributed by atoms with E-state index in [2.05, 4.69) is 4.98 Å². The third-order valence-corrected chi connectivity index (χ3v) is 3.48. The highest BCUT2D eigenvalue weighted by Crippen LogP contribution is 2.33. The second kappa shape index (κ2) is 5.18. The van der Waals surface area contributed by atoms with E-state index in [1.807, 2.05) is 0 Å². The Morgan fingerprint density at radius 1 is 1.14 bits per heavy atom. The number of halogens is 2. The Morgan fingerprint density at radius 3 is 2.55 bits per heavy atom. The Labute approximate surface area is 124 Å². The monoisotopic (exact) mass is 299 g/mol. The zero-order valence-corrected chi connectivity index (χ0v) is 11.6. The Hall–Kier alpha value is -2.82. The summed E-state index contributed by atoms with van der Waals surface area (Å²) in [5.41, 5.74) is 0.660. The topological polar surface area (TPSA) is 50.2 Å². The fourth-order valence-electron chi connectivity index (χ4n) is 2.42. The molecule has 0 radical (unpaired) electrons. The molecule has 2 aromatic carbocycles. The molecule has 0 atom stereocenters. The van der Waals surface area contributed by atoms with Crippen LogP contribution in [0.5, 0.6) is 0 Å². The number of benzene rings is 2. The second-order valence-electron chi connectivity index (χ2n) is 4.90. The van der Waals surface area contributed by atoms with Crippen molar-refractivity contribution in [3.05, 3.63) is 65.4 Å². The van der Waals surface area contributed by atoms with Gasteiger partial charge in [-0.15, -0.1) is 0 Å². The van der Waals surface area contributed by atoms with Crippen LogP contribution in [0.2, 0.25) is 0 Å². The van der Waals surface area contributed by atoms with Gasteiger partial charge in [0, 0.05) is 16.5 Å². The summed E-state index contributed by atoms with van der Waals surface area (Å²) >= 11 is 0. The molecule has 0 saturated carbocycles. The summed E-state index contributed by atoms with van der Waals surface area (Å²) in [7, 11) is 0. The van der Waals surface area contributed by atoms with Crippen molar-refractivity contribution >= 4 is 16.9 Å². The summed E-state index contributed by atoms with van der Waals surface area (Å²) in [6.45, 7) is 1.49. The van der Waals surface area contributed by atoms with Gasteiger partial charge in [0.25, 0.3) is 0 Å². The molecular formula is C17H11F2NO2. The fraction of sp³-hybridized carbons (Fsp3) is 0.0588. The van der Waals surface area contributed by atoms with Crippen molar-refractivity contribution in [2.24, 2.45) is 0 Å². The van der Waals surface area contributed by atoms with Crippen molar-refractivity contribution in [3.8, 4) is 11.1 Å². The molecule has 0 aliphatic carbocycles. The van der Waals surface area contributed by atoms with Gasteiger partial charge >= 0.3 is 5.97 Å². The van der Waals surface area contributed by atoms with Crippen LogP contribution in [0.3, 0.4) is 0 Å². The van der Waals surface area contributed by atoms with Gasteiger partial charge in [-0.05, 0) is 31.2 Å². The van der Waals surface area contributed by atoms with Crippen molar-refractivity contribution in [3.63, 3.8) is 0 Å². The Balaban J connectivity index is 2.45. The number of hydrogen-bond donors (Lipinski definition) is 1. The third-order valence-electron chi connectivity index (χ3n) is 3.48. The maximum absolute atomic E-state index is 14.6. The number of aryl methyl sites for hydroxylation is 1. The van der Waals surface area contributed by atoms with E-state index in [-0.39, 0.29) is 27.8 Å². The number of fused-ring (bicyclic) bond motifs is 1. The molecule has 1 heterocycles. The van der Waals surface area contributed by atoms with E-state index in [4.69, 9.17) is 5.11 Å². The molecule has 0 unspecified atom stereocenters. The minimum absolute atomic E-state index is 0.00450. The first-order valence-electron chi connectivity index (χ1n) is 6.57. The predicted molar refractivity (Wildman–Crippen MR) is 78.8 cm³/mol.